The first-order valence-electron chi connectivity index (χ1n) is 7.20. The van der Waals surface area contributed by atoms with Crippen molar-refractivity contribution in [1.82, 2.24) is 4.90 Å². The quantitative estimate of drug-likeness (QED) is 0.798. The topological polar surface area (TPSA) is 29.3 Å². The second-order valence-corrected chi connectivity index (χ2v) is 6.00. The fourth-order valence-corrected chi connectivity index (χ4v) is 3.55. The Balaban J connectivity index is 1.85. The van der Waals surface area contributed by atoms with Crippen LogP contribution in [0.1, 0.15) is 52.4 Å². The summed E-state index contributed by atoms with van der Waals surface area (Å²) in [6.07, 6.45) is 8.42. The molecule has 1 heterocycles. The molecule has 0 radical (unpaired) electrons. The molecule has 0 aromatic heterocycles. The van der Waals surface area contributed by atoms with Gasteiger partial charge in [-0.25, -0.2) is 0 Å². The fourth-order valence-electron chi connectivity index (χ4n) is 3.55. The predicted molar refractivity (Wildman–Crippen MR) is 69.4 cm³/mol. The molecular weight excluding hydrogens is 196 g/mol. The molecule has 0 aromatic rings. The Kier molecular flexibility index (Phi) is 4.26. The van der Waals surface area contributed by atoms with Gasteiger partial charge in [0.2, 0.25) is 0 Å². The molecule has 2 nitrogen and oxygen atoms in total. The molecular formula is C14H28N2. The minimum absolute atomic E-state index is 0.381. The van der Waals surface area contributed by atoms with E-state index in [1.165, 1.54) is 51.6 Å². The molecule has 94 valence electrons. The molecule has 2 N–H and O–H groups in total. The summed E-state index contributed by atoms with van der Waals surface area (Å²) in [5, 5.41) is 0. The van der Waals surface area contributed by atoms with Crippen molar-refractivity contribution in [2.45, 2.75) is 64.5 Å². The number of nitrogens with two attached hydrogens (primary N) is 1. The summed E-state index contributed by atoms with van der Waals surface area (Å²) >= 11 is 0. The van der Waals surface area contributed by atoms with Gasteiger partial charge in [0.25, 0.3) is 0 Å². The van der Waals surface area contributed by atoms with Crippen molar-refractivity contribution < 1.29 is 0 Å². The lowest BCUT2D eigenvalue weighted by atomic mass is 9.91. The number of hydrogen-bond donors (Lipinski definition) is 1. The van der Waals surface area contributed by atoms with E-state index in [4.69, 9.17) is 5.73 Å². The average Bonchev–Trinajstić information content (AvgIpc) is 2.77. The fraction of sp³-hybridized carbons (Fsp3) is 1.00. The summed E-state index contributed by atoms with van der Waals surface area (Å²) in [5.74, 6) is 1.75. The smallest absolute Gasteiger partial charge is 0.00981 e. The van der Waals surface area contributed by atoms with Crippen molar-refractivity contribution in [3.8, 4) is 0 Å². The van der Waals surface area contributed by atoms with Gasteiger partial charge in [0.1, 0.15) is 0 Å². The standard InChI is InChI=1S/C14H28N2/c1-3-12-6-7-14(9-12)16-8-4-5-13(10-16)11(2)15/h11-14H,3-10,15H2,1-2H3. The molecule has 0 spiro atoms. The lowest BCUT2D eigenvalue weighted by molar-refractivity contribution is 0.113. The Hall–Kier alpha value is -0.0800. The maximum absolute atomic E-state index is 6.05. The monoisotopic (exact) mass is 224 g/mol. The Morgan fingerprint density at radius 2 is 2.12 bits per heavy atom. The number of hydrogen-bond acceptors (Lipinski definition) is 2. The van der Waals surface area contributed by atoms with Crippen LogP contribution < -0.4 is 5.73 Å². The summed E-state index contributed by atoms with van der Waals surface area (Å²) in [7, 11) is 0. The maximum atomic E-state index is 6.05. The third-order valence-electron chi connectivity index (χ3n) is 4.84. The van der Waals surface area contributed by atoms with Gasteiger partial charge in [0.15, 0.2) is 0 Å². The summed E-state index contributed by atoms with van der Waals surface area (Å²) in [6, 6.07) is 1.26. The van der Waals surface area contributed by atoms with Crippen LogP contribution in [0.2, 0.25) is 0 Å². The lowest BCUT2D eigenvalue weighted by Gasteiger charge is -2.38. The zero-order valence-electron chi connectivity index (χ0n) is 11.0. The molecule has 1 saturated heterocycles. The minimum Gasteiger partial charge on any atom is -0.328 e. The first-order valence-corrected chi connectivity index (χ1v) is 7.20. The summed E-state index contributed by atoms with van der Waals surface area (Å²) in [4.78, 5) is 2.74. The molecule has 2 heteroatoms. The van der Waals surface area contributed by atoms with E-state index in [0.717, 1.165) is 17.9 Å². The second kappa shape index (κ2) is 5.50. The highest BCUT2D eigenvalue weighted by Crippen LogP contribution is 2.33. The van der Waals surface area contributed by atoms with Crippen LogP contribution in [0, 0.1) is 11.8 Å². The highest BCUT2D eigenvalue weighted by atomic mass is 15.2. The molecule has 0 amide bonds. The van der Waals surface area contributed by atoms with Crippen LogP contribution in [0.3, 0.4) is 0 Å². The van der Waals surface area contributed by atoms with Crippen molar-refractivity contribution in [3.63, 3.8) is 0 Å². The zero-order valence-corrected chi connectivity index (χ0v) is 11.0. The molecule has 4 unspecified atom stereocenters. The van der Waals surface area contributed by atoms with Crippen LogP contribution in [-0.2, 0) is 0 Å². The van der Waals surface area contributed by atoms with Gasteiger partial charge < -0.3 is 10.6 Å². The molecule has 2 fully saturated rings. The van der Waals surface area contributed by atoms with Gasteiger partial charge in [-0.1, -0.05) is 13.3 Å². The highest BCUT2D eigenvalue weighted by molar-refractivity contribution is 4.87. The van der Waals surface area contributed by atoms with Crippen molar-refractivity contribution in [2.24, 2.45) is 17.6 Å². The Labute approximate surface area is 101 Å². The normalized spacial score (nSPS) is 38.8. The molecule has 2 aliphatic rings. The van der Waals surface area contributed by atoms with E-state index in [9.17, 15) is 0 Å². The molecule has 16 heavy (non-hydrogen) atoms. The van der Waals surface area contributed by atoms with Crippen molar-refractivity contribution in [2.75, 3.05) is 13.1 Å². The number of rotatable bonds is 3. The number of likely N-dealkylation sites (tertiary alicyclic amines) is 1. The van der Waals surface area contributed by atoms with Gasteiger partial charge in [-0.2, -0.15) is 0 Å². The van der Waals surface area contributed by atoms with E-state index < -0.39 is 0 Å². The van der Waals surface area contributed by atoms with Crippen molar-refractivity contribution >= 4 is 0 Å². The third kappa shape index (κ3) is 2.78. The van der Waals surface area contributed by atoms with Crippen LogP contribution in [0.5, 0.6) is 0 Å². The summed E-state index contributed by atoms with van der Waals surface area (Å²) < 4.78 is 0. The van der Waals surface area contributed by atoms with Gasteiger partial charge in [0.05, 0.1) is 0 Å². The minimum atomic E-state index is 0.381. The first-order chi connectivity index (χ1) is 7.70. The summed E-state index contributed by atoms with van der Waals surface area (Å²) in [6.45, 7) is 7.11. The van der Waals surface area contributed by atoms with Crippen LogP contribution in [-0.4, -0.2) is 30.1 Å². The largest absolute Gasteiger partial charge is 0.328 e. The highest BCUT2D eigenvalue weighted by Gasteiger charge is 2.32. The average molecular weight is 224 g/mol. The van der Waals surface area contributed by atoms with E-state index in [1.807, 2.05) is 0 Å². The van der Waals surface area contributed by atoms with E-state index in [0.29, 0.717) is 6.04 Å². The molecule has 0 bridgehead atoms. The maximum Gasteiger partial charge on any atom is 0.00981 e. The molecule has 1 saturated carbocycles. The van der Waals surface area contributed by atoms with Crippen LogP contribution >= 0.6 is 0 Å². The predicted octanol–water partition coefficient (Wildman–Crippen LogP) is 2.62. The van der Waals surface area contributed by atoms with E-state index >= 15 is 0 Å². The second-order valence-electron chi connectivity index (χ2n) is 6.00. The van der Waals surface area contributed by atoms with Gasteiger partial charge in [0, 0.05) is 18.6 Å². The van der Waals surface area contributed by atoms with Crippen LogP contribution in [0.4, 0.5) is 0 Å². The molecule has 4 atom stereocenters. The molecule has 1 aliphatic carbocycles. The lowest BCUT2D eigenvalue weighted by Crippen LogP contribution is -2.46. The van der Waals surface area contributed by atoms with Crippen LogP contribution in [0.15, 0.2) is 0 Å². The van der Waals surface area contributed by atoms with Crippen molar-refractivity contribution in [1.29, 1.82) is 0 Å². The van der Waals surface area contributed by atoms with Gasteiger partial charge in [-0.3, -0.25) is 0 Å². The SMILES string of the molecule is CCC1CCC(N2CCCC(C(C)N)C2)C1. The van der Waals surface area contributed by atoms with E-state index in [2.05, 4.69) is 18.7 Å². The number of nitrogens with zero attached hydrogens (tertiary/aromatic N) is 1. The Morgan fingerprint density at radius 1 is 1.31 bits per heavy atom. The van der Waals surface area contributed by atoms with Gasteiger partial charge >= 0.3 is 0 Å². The Morgan fingerprint density at radius 3 is 2.75 bits per heavy atom. The molecule has 0 aromatic carbocycles. The van der Waals surface area contributed by atoms with Crippen molar-refractivity contribution in [3.05, 3.63) is 0 Å². The molecule has 1 aliphatic heterocycles. The first kappa shape index (κ1) is 12.4. The molecule has 2 rings (SSSR count). The van der Waals surface area contributed by atoms with Gasteiger partial charge in [-0.05, 0) is 57.4 Å². The van der Waals surface area contributed by atoms with Crippen LogP contribution in [0.25, 0.3) is 0 Å². The van der Waals surface area contributed by atoms with E-state index in [-0.39, 0.29) is 0 Å². The van der Waals surface area contributed by atoms with Gasteiger partial charge in [-0.15, -0.1) is 0 Å². The number of piperidine rings is 1. The zero-order chi connectivity index (χ0) is 11.5. The third-order valence-corrected chi connectivity index (χ3v) is 4.84. The van der Waals surface area contributed by atoms with E-state index in [1.54, 1.807) is 0 Å². The summed E-state index contributed by atoms with van der Waals surface area (Å²) in [5.41, 5.74) is 6.05. The Bertz CT molecular complexity index is 215.